The van der Waals surface area contributed by atoms with Crippen LogP contribution in [0.25, 0.3) is 0 Å². The molecule has 1 atom stereocenters. The molecule has 0 aliphatic carbocycles. The zero-order chi connectivity index (χ0) is 9.40. The summed E-state index contributed by atoms with van der Waals surface area (Å²) in [5.41, 5.74) is 0. The van der Waals surface area contributed by atoms with E-state index in [1.165, 1.54) is 0 Å². The minimum absolute atomic E-state index is 0.352. The second-order valence-corrected chi connectivity index (χ2v) is 3.90. The Labute approximate surface area is 84.3 Å². The Morgan fingerprint density at radius 1 is 1.50 bits per heavy atom. The van der Waals surface area contributed by atoms with Gasteiger partial charge in [0.1, 0.15) is 0 Å². The van der Waals surface area contributed by atoms with Crippen LogP contribution >= 0.6 is 15.9 Å². The van der Waals surface area contributed by atoms with Gasteiger partial charge >= 0.3 is 0 Å². The molecule has 0 aromatic heterocycles. The highest BCUT2D eigenvalue weighted by Crippen LogP contribution is 2.12. The minimum atomic E-state index is 0.352. The molecule has 0 radical (unpaired) electrons. The summed E-state index contributed by atoms with van der Waals surface area (Å²) in [4.78, 5) is 0. The molecule has 0 heterocycles. The van der Waals surface area contributed by atoms with Crippen LogP contribution in [-0.4, -0.2) is 18.0 Å². The number of hydrogen-bond acceptors (Lipinski definition) is 1. The van der Waals surface area contributed by atoms with Gasteiger partial charge < -0.3 is 4.74 Å². The van der Waals surface area contributed by atoms with Crippen molar-refractivity contribution in [3.63, 3.8) is 0 Å². The molecule has 0 aromatic carbocycles. The van der Waals surface area contributed by atoms with Crippen molar-refractivity contribution < 1.29 is 4.74 Å². The van der Waals surface area contributed by atoms with E-state index in [4.69, 9.17) is 4.74 Å². The Morgan fingerprint density at radius 2 is 2.17 bits per heavy atom. The summed E-state index contributed by atoms with van der Waals surface area (Å²) in [6.07, 6.45) is 4.52. The van der Waals surface area contributed by atoms with Crippen LogP contribution in [-0.2, 0) is 4.74 Å². The van der Waals surface area contributed by atoms with Gasteiger partial charge in [0.25, 0.3) is 0 Å². The molecule has 0 aliphatic heterocycles. The Kier molecular flexibility index (Phi) is 7.93. The maximum absolute atomic E-state index is 5.47. The van der Waals surface area contributed by atoms with Crippen molar-refractivity contribution in [3.8, 4) is 0 Å². The molecular formula is C10H19BrO. The summed E-state index contributed by atoms with van der Waals surface area (Å²) in [7, 11) is 0. The Bertz CT molecular complexity index is 112. The van der Waals surface area contributed by atoms with Gasteiger partial charge in [-0.05, 0) is 32.6 Å². The monoisotopic (exact) mass is 234 g/mol. The second-order valence-electron chi connectivity index (χ2n) is 3.25. The van der Waals surface area contributed by atoms with Crippen LogP contribution in [0.1, 0.15) is 26.7 Å². The average molecular weight is 235 g/mol. The fraction of sp³-hybridized carbons (Fsp3) is 0.800. The standard InChI is InChI=1S/C10H19BrO/c1-4-5-10(8-11)6-7-12-9(2)3/h4,9-10H,1,5-8H2,2-3H3. The van der Waals surface area contributed by atoms with Crippen LogP contribution in [0, 0.1) is 5.92 Å². The summed E-state index contributed by atoms with van der Waals surface area (Å²) < 4.78 is 5.47. The number of allylic oxidation sites excluding steroid dienone is 1. The summed E-state index contributed by atoms with van der Waals surface area (Å²) in [6.45, 7) is 8.73. The van der Waals surface area contributed by atoms with Crippen molar-refractivity contribution in [1.82, 2.24) is 0 Å². The van der Waals surface area contributed by atoms with Gasteiger partial charge in [-0.25, -0.2) is 0 Å². The largest absolute Gasteiger partial charge is 0.379 e. The zero-order valence-electron chi connectivity index (χ0n) is 8.05. The van der Waals surface area contributed by atoms with Crippen LogP contribution in [0.4, 0.5) is 0 Å². The lowest BCUT2D eigenvalue weighted by Gasteiger charge is -2.13. The van der Waals surface area contributed by atoms with Gasteiger partial charge in [-0.15, -0.1) is 6.58 Å². The van der Waals surface area contributed by atoms with Crippen molar-refractivity contribution in [2.75, 3.05) is 11.9 Å². The lowest BCUT2D eigenvalue weighted by molar-refractivity contribution is 0.0703. The third-order valence-electron chi connectivity index (χ3n) is 1.70. The molecule has 0 bridgehead atoms. The molecule has 0 fully saturated rings. The predicted octanol–water partition coefficient (Wildman–Crippen LogP) is 3.39. The molecule has 0 saturated carbocycles. The normalized spacial score (nSPS) is 13.3. The van der Waals surface area contributed by atoms with Crippen LogP contribution in [0.15, 0.2) is 12.7 Å². The van der Waals surface area contributed by atoms with Crippen LogP contribution < -0.4 is 0 Å². The summed E-state index contributed by atoms with van der Waals surface area (Å²) in [6, 6.07) is 0. The quantitative estimate of drug-likeness (QED) is 0.485. The first-order valence-electron chi connectivity index (χ1n) is 4.49. The molecular weight excluding hydrogens is 216 g/mol. The highest BCUT2D eigenvalue weighted by molar-refractivity contribution is 9.09. The highest BCUT2D eigenvalue weighted by atomic mass is 79.9. The van der Waals surface area contributed by atoms with E-state index >= 15 is 0 Å². The van der Waals surface area contributed by atoms with Crippen molar-refractivity contribution in [1.29, 1.82) is 0 Å². The summed E-state index contributed by atoms with van der Waals surface area (Å²) in [5.74, 6) is 0.682. The fourth-order valence-corrected chi connectivity index (χ4v) is 1.55. The number of rotatable bonds is 7. The van der Waals surface area contributed by atoms with Gasteiger partial charge in [-0.1, -0.05) is 22.0 Å². The van der Waals surface area contributed by atoms with Gasteiger partial charge in [-0.3, -0.25) is 0 Å². The SMILES string of the molecule is C=CCC(CBr)CCOC(C)C. The number of alkyl halides is 1. The van der Waals surface area contributed by atoms with Gasteiger partial charge in [0.05, 0.1) is 6.10 Å². The van der Waals surface area contributed by atoms with Crippen LogP contribution in [0.2, 0.25) is 0 Å². The molecule has 1 nitrogen and oxygen atoms in total. The first-order valence-corrected chi connectivity index (χ1v) is 5.61. The number of ether oxygens (including phenoxy) is 1. The highest BCUT2D eigenvalue weighted by Gasteiger charge is 2.04. The molecule has 0 aliphatic rings. The Morgan fingerprint density at radius 3 is 2.58 bits per heavy atom. The lowest BCUT2D eigenvalue weighted by Crippen LogP contribution is -2.09. The zero-order valence-corrected chi connectivity index (χ0v) is 9.64. The molecule has 0 aromatic rings. The first kappa shape index (κ1) is 12.2. The molecule has 0 N–H and O–H groups in total. The van der Waals surface area contributed by atoms with Crippen LogP contribution in [0.5, 0.6) is 0 Å². The first-order chi connectivity index (χ1) is 5.70. The predicted molar refractivity (Wildman–Crippen MR) is 57.8 cm³/mol. The molecule has 0 spiro atoms. The lowest BCUT2D eigenvalue weighted by atomic mass is 10.1. The smallest absolute Gasteiger partial charge is 0.0518 e. The minimum Gasteiger partial charge on any atom is -0.379 e. The van der Waals surface area contributed by atoms with Crippen molar-refractivity contribution in [3.05, 3.63) is 12.7 Å². The van der Waals surface area contributed by atoms with Gasteiger partial charge in [0.2, 0.25) is 0 Å². The molecule has 0 rings (SSSR count). The average Bonchev–Trinajstić information content (AvgIpc) is 2.02. The van der Waals surface area contributed by atoms with E-state index in [0.29, 0.717) is 12.0 Å². The maximum atomic E-state index is 5.47. The van der Waals surface area contributed by atoms with E-state index in [-0.39, 0.29) is 0 Å². The molecule has 12 heavy (non-hydrogen) atoms. The second kappa shape index (κ2) is 7.81. The van der Waals surface area contributed by atoms with E-state index in [0.717, 1.165) is 24.8 Å². The third kappa shape index (κ3) is 6.86. The molecule has 2 heteroatoms. The number of hydrogen-bond donors (Lipinski definition) is 0. The third-order valence-corrected chi connectivity index (χ3v) is 2.61. The number of halogens is 1. The van der Waals surface area contributed by atoms with Crippen molar-refractivity contribution in [2.24, 2.45) is 5.92 Å². The van der Waals surface area contributed by atoms with E-state index < -0.39 is 0 Å². The topological polar surface area (TPSA) is 9.23 Å². The molecule has 1 unspecified atom stereocenters. The van der Waals surface area contributed by atoms with E-state index in [9.17, 15) is 0 Å². The Hall–Kier alpha value is 0.180. The van der Waals surface area contributed by atoms with E-state index in [2.05, 4.69) is 36.4 Å². The molecule has 0 saturated heterocycles. The summed E-state index contributed by atoms with van der Waals surface area (Å²) >= 11 is 3.48. The summed E-state index contributed by atoms with van der Waals surface area (Å²) in [5, 5.41) is 1.04. The molecule has 72 valence electrons. The van der Waals surface area contributed by atoms with Crippen LogP contribution in [0.3, 0.4) is 0 Å². The van der Waals surface area contributed by atoms with Gasteiger partial charge in [-0.2, -0.15) is 0 Å². The Balaban J connectivity index is 3.37. The van der Waals surface area contributed by atoms with Crippen molar-refractivity contribution >= 4 is 15.9 Å². The van der Waals surface area contributed by atoms with E-state index in [1.54, 1.807) is 0 Å². The fourth-order valence-electron chi connectivity index (χ4n) is 0.964. The van der Waals surface area contributed by atoms with Gasteiger partial charge in [0.15, 0.2) is 0 Å². The maximum Gasteiger partial charge on any atom is 0.0518 e. The van der Waals surface area contributed by atoms with Crippen molar-refractivity contribution in [2.45, 2.75) is 32.8 Å². The van der Waals surface area contributed by atoms with Gasteiger partial charge in [0, 0.05) is 11.9 Å². The molecule has 0 amide bonds. The van der Waals surface area contributed by atoms with E-state index in [1.807, 2.05) is 6.08 Å².